The zero-order valence-corrected chi connectivity index (χ0v) is 17.6. The average molecular weight is 383 g/mol. The quantitative estimate of drug-likeness (QED) is 0.711. The highest BCUT2D eigenvalue weighted by molar-refractivity contribution is 5.98. The molecule has 1 aromatic heterocycles. The van der Waals surface area contributed by atoms with Crippen molar-refractivity contribution in [3.63, 3.8) is 0 Å². The molecule has 3 rings (SSSR count). The van der Waals surface area contributed by atoms with Crippen LogP contribution >= 0.6 is 0 Å². The van der Waals surface area contributed by atoms with Crippen molar-refractivity contribution in [1.82, 2.24) is 4.57 Å². The maximum atomic E-state index is 12.7. The summed E-state index contributed by atoms with van der Waals surface area (Å²) in [6.07, 6.45) is 1.42. The van der Waals surface area contributed by atoms with E-state index in [9.17, 15) is 9.59 Å². The lowest BCUT2D eigenvalue weighted by Gasteiger charge is -2.19. The van der Waals surface area contributed by atoms with Gasteiger partial charge in [-0.3, -0.25) is 4.79 Å². The molecule has 1 amide bonds. The van der Waals surface area contributed by atoms with E-state index in [1.807, 2.05) is 45.0 Å². The van der Waals surface area contributed by atoms with Crippen LogP contribution in [-0.4, -0.2) is 22.5 Å². The summed E-state index contributed by atoms with van der Waals surface area (Å²) in [5, 5.41) is 2.95. The second-order valence-electron chi connectivity index (χ2n) is 8.12. The molecule has 1 atom stereocenters. The van der Waals surface area contributed by atoms with Gasteiger partial charge in [0.15, 0.2) is 6.10 Å². The van der Waals surface area contributed by atoms with Crippen LogP contribution in [0.4, 0.5) is 5.69 Å². The number of amides is 1. The number of rotatable bonds is 6. The third kappa shape index (κ3) is 3.98. The van der Waals surface area contributed by atoms with Gasteiger partial charge in [-0.25, -0.2) is 4.79 Å². The standard InChI is InChI=1S/C23H30N2O3/c1-13(2)19-9-7-8-14(3)21(19)24-22(26)17(6)28-23(27)20-12-15(4)25(16(20)5)18-10-11-18/h7-9,12-13,17-18H,10-11H2,1-6H3,(H,24,26)/t17-/m1/s1. The highest BCUT2D eigenvalue weighted by atomic mass is 16.5. The maximum absolute atomic E-state index is 12.7. The van der Waals surface area contributed by atoms with E-state index >= 15 is 0 Å². The Morgan fingerprint density at radius 2 is 1.82 bits per heavy atom. The zero-order chi connectivity index (χ0) is 20.6. The summed E-state index contributed by atoms with van der Waals surface area (Å²) >= 11 is 0. The van der Waals surface area contributed by atoms with Crippen LogP contribution in [0.3, 0.4) is 0 Å². The van der Waals surface area contributed by atoms with E-state index in [0.29, 0.717) is 11.6 Å². The van der Waals surface area contributed by atoms with Crippen molar-refractivity contribution in [2.24, 2.45) is 0 Å². The zero-order valence-electron chi connectivity index (χ0n) is 17.6. The van der Waals surface area contributed by atoms with E-state index in [1.54, 1.807) is 6.92 Å². The predicted molar refractivity (Wildman–Crippen MR) is 111 cm³/mol. The van der Waals surface area contributed by atoms with Gasteiger partial charge in [-0.05, 0) is 63.6 Å². The van der Waals surface area contributed by atoms with Crippen LogP contribution < -0.4 is 5.32 Å². The number of esters is 1. The Labute approximate surface area is 167 Å². The summed E-state index contributed by atoms with van der Waals surface area (Å²) in [6.45, 7) is 11.7. The van der Waals surface area contributed by atoms with Crippen molar-refractivity contribution >= 4 is 17.6 Å². The van der Waals surface area contributed by atoms with Crippen LogP contribution in [0.1, 0.15) is 78.4 Å². The van der Waals surface area contributed by atoms with Gasteiger partial charge in [0.1, 0.15) is 0 Å². The van der Waals surface area contributed by atoms with Gasteiger partial charge in [0.05, 0.1) is 5.56 Å². The number of anilines is 1. The molecule has 0 aliphatic heterocycles. The number of aryl methyl sites for hydroxylation is 2. The molecule has 1 aliphatic carbocycles. The molecule has 1 saturated carbocycles. The molecular formula is C23H30N2O3. The molecule has 0 spiro atoms. The highest BCUT2D eigenvalue weighted by Crippen LogP contribution is 2.38. The van der Waals surface area contributed by atoms with E-state index in [-0.39, 0.29) is 11.8 Å². The largest absolute Gasteiger partial charge is 0.449 e. The molecule has 5 heteroatoms. The van der Waals surface area contributed by atoms with Crippen LogP contribution in [0.5, 0.6) is 0 Å². The summed E-state index contributed by atoms with van der Waals surface area (Å²) in [5.74, 6) is -0.488. The topological polar surface area (TPSA) is 60.3 Å². The van der Waals surface area contributed by atoms with Crippen LogP contribution in [0.15, 0.2) is 24.3 Å². The van der Waals surface area contributed by atoms with Crippen molar-refractivity contribution in [3.8, 4) is 0 Å². The molecule has 0 bridgehead atoms. The fourth-order valence-corrected chi connectivity index (χ4v) is 3.72. The smallest absolute Gasteiger partial charge is 0.340 e. The minimum atomic E-state index is -0.879. The molecule has 150 valence electrons. The van der Waals surface area contributed by atoms with Crippen molar-refractivity contribution in [2.45, 2.75) is 72.4 Å². The molecule has 0 radical (unpaired) electrons. The van der Waals surface area contributed by atoms with Crippen molar-refractivity contribution < 1.29 is 14.3 Å². The van der Waals surface area contributed by atoms with Gasteiger partial charge in [-0.1, -0.05) is 32.0 Å². The Kier molecular flexibility index (Phi) is 5.64. The molecule has 0 saturated heterocycles. The third-order valence-corrected chi connectivity index (χ3v) is 5.44. The summed E-state index contributed by atoms with van der Waals surface area (Å²) in [6, 6.07) is 8.32. The number of carbonyl (C=O) groups is 2. The molecule has 28 heavy (non-hydrogen) atoms. The van der Waals surface area contributed by atoms with E-state index in [2.05, 4.69) is 23.7 Å². The van der Waals surface area contributed by atoms with Crippen LogP contribution in [-0.2, 0) is 9.53 Å². The van der Waals surface area contributed by atoms with Crippen LogP contribution in [0.2, 0.25) is 0 Å². The van der Waals surface area contributed by atoms with Gasteiger partial charge in [0.25, 0.3) is 5.91 Å². The van der Waals surface area contributed by atoms with E-state index in [0.717, 1.165) is 41.0 Å². The molecule has 2 aromatic rings. The number of benzene rings is 1. The van der Waals surface area contributed by atoms with E-state index < -0.39 is 12.1 Å². The number of nitrogens with one attached hydrogen (secondary N) is 1. The second kappa shape index (κ2) is 7.82. The molecule has 1 aliphatic rings. The molecule has 1 N–H and O–H groups in total. The minimum absolute atomic E-state index is 0.279. The number of aromatic nitrogens is 1. The summed E-state index contributed by atoms with van der Waals surface area (Å²) in [7, 11) is 0. The van der Waals surface area contributed by atoms with Crippen LogP contribution in [0.25, 0.3) is 0 Å². The van der Waals surface area contributed by atoms with Crippen molar-refractivity contribution in [2.75, 3.05) is 5.32 Å². The number of ether oxygens (including phenoxy) is 1. The lowest BCUT2D eigenvalue weighted by molar-refractivity contribution is -0.123. The Bertz CT molecular complexity index is 907. The monoisotopic (exact) mass is 382 g/mol. The first-order valence-electron chi connectivity index (χ1n) is 10.0. The minimum Gasteiger partial charge on any atom is -0.449 e. The number of hydrogen-bond donors (Lipinski definition) is 1. The summed E-state index contributed by atoms with van der Waals surface area (Å²) in [4.78, 5) is 25.4. The second-order valence-corrected chi connectivity index (χ2v) is 8.12. The fraction of sp³-hybridized carbons (Fsp3) is 0.478. The van der Waals surface area contributed by atoms with Gasteiger partial charge < -0.3 is 14.6 Å². The summed E-state index contributed by atoms with van der Waals surface area (Å²) in [5.41, 5.74) is 5.38. The summed E-state index contributed by atoms with van der Waals surface area (Å²) < 4.78 is 7.69. The Morgan fingerprint density at radius 3 is 2.43 bits per heavy atom. The predicted octanol–water partition coefficient (Wildman–Crippen LogP) is 5.06. The number of nitrogens with zero attached hydrogens (tertiary/aromatic N) is 1. The van der Waals surface area contributed by atoms with Gasteiger partial charge in [0.2, 0.25) is 0 Å². The van der Waals surface area contributed by atoms with Crippen molar-refractivity contribution in [1.29, 1.82) is 0 Å². The molecule has 1 aromatic carbocycles. The SMILES string of the molecule is Cc1cccc(C(C)C)c1NC(=O)[C@@H](C)OC(=O)c1cc(C)n(C2CC2)c1C. The first-order valence-corrected chi connectivity index (χ1v) is 10.0. The number of carbonyl (C=O) groups excluding carboxylic acids is 2. The first kappa shape index (κ1) is 20.2. The highest BCUT2D eigenvalue weighted by Gasteiger charge is 2.30. The molecule has 1 fully saturated rings. The molecular weight excluding hydrogens is 352 g/mol. The molecule has 5 nitrogen and oxygen atoms in total. The normalized spacial score (nSPS) is 14.8. The van der Waals surface area contributed by atoms with E-state index in [4.69, 9.17) is 4.74 Å². The van der Waals surface area contributed by atoms with Crippen molar-refractivity contribution in [3.05, 3.63) is 52.3 Å². The lowest BCUT2D eigenvalue weighted by Crippen LogP contribution is -2.30. The van der Waals surface area contributed by atoms with E-state index in [1.165, 1.54) is 0 Å². The number of para-hydroxylation sites is 1. The Morgan fingerprint density at radius 1 is 1.14 bits per heavy atom. The van der Waals surface area contributed by atoms with Crippen LogP contribution in [0, 0.1) is 20.8 Å². The Hall–Kier alpha value is -2.56. The van der Waals surface area contributed by atoms with Gasteiger partial charge in [-0.2, -0.15) is 0 Å². The van der Waals surface area contributed by atoms with Gasteiger partial charge >= 0.3 is 5.97 Å². The average Bonchev–Trinajstić information content (AvgIpc) is 3.41. The third-order valence-electron chi connectivity index (χ3n) is 5.44. The van der Waals surface area contributed by atoms with Gasteiger partial charge in [-0.15, -0.1) is 0 Å². The molecule has 1 heterocycles. The van der Waals surface area contributed by atoms with Gasteiger partial charge in [0, 0.05) is 23.1 Å². The Balaban J connectivity index is 1.72. The maximum Gasteiger partial charge on any atom is 0.340 e. The molecule has 0 unspecified atom stereocenters. The fourth-order valence-electron chi connectivity index (χ4n) is 3.72. The first-order chi connectivity index (χ1) is 13.2. The lowest BCUT2D eigenvalue weighted by atomic mass is 9.98. The number of hydrogen-bond acceptors (Lipinski definition) is 3.